The van der Waals surface area contributed by atoms with Crippen LogP contribution in [0.2, 0.25) is 0 Å². The Morgan fingerprint density at radius 2 is 2.38 bits per heavy atom. The molecule has 0 aromatic heterocycles. The summed E-state index contributed by atoms with van der Waals surface area (Å²) in [5.41, 5.74) is 0.00353. The lowest BCUT2D eigenvalue weighted by molar-refractivity contribution is -0.0624. The molecule has 0 aromatic rings. The topological polar surface area (TPSA) is 21.3 Å². The molecular weight excluding hydrogens is 186 g/mol. The summed E-state index contributed by atoms with van der Waals surface area (Å²) in [6, 6.07) is 0.513. The third kappa shape index (κ3) is 4.12. The van der Waals surface area contributed by atoms with Gasteiger partial charge in [0, 0.05) is 24.2 Å². The van der Waals surface area contributed by atoms with Gasteiger partial charge in [0.25, 0.3) is 0 Å². The summed E-state index contributed by atoms with van der Waals surface area (Å²) >= 11 is 5.68. The highest BCUT2D eigenvalue weighted by molar-refractivity contribution is 6.29. The minimum atomic E-state index is 0.00353. The third-order valence-electron chi connectivity index (χ3n) is 2.28. The Balaban J connectivity index is 2.30. The number of nitrogens with one attached hydrogen (secondary N) is 1. The largest absolute Gasteiger partial charge is 0.375 e. The highest BCUT2D eigenvalue weighted by Crippen LogP contribution is 2.23. The lowest BCUT2D eigenvalue weighted by Crippen LogP contribution is -2.43. The molecule has 1 unspecified atom stereocenters. The second-order valence-corrected chi connectivity index (χ2v) is 4.73. The number of hydrogen-bond donors (Lipinski definition) is 1. The first-order valence-electron chi connectivity index (χ1n) is 4.70. The quantitative estimate of drug-likeness (QED) is 0.760. The van der Waals surface area contributed by atoms with Crippen molar-refractivity contribution < 1.29 is 4.74 Å². The van der Waals surface area contributed by atoms with Gasteiger partial charge in [-0.25, -0.2) is 0 Å². The highest BCUT2D eigenvalue weighted by atomic mass is 35.5. The molecule has 1 atom stereocenters. The van der Waals surface area contributed by atoms with E-state index >= 15 is 0 Å². The Bertz CT molecular complexity index is 191. The molecule has 1 heterocycles. The van der Waals surface area contributed by atoms with E-state index < -0.39 is 0 Å². The summed E-state index contributed by atoms with van der Waals surface area (Å²) in [4.78, 5) is 0. The molecule has 0 aromatic carbocycles. The lowest BCUT2D eigenvalue weighted by Gasteiger charge is -2.35. The van der Waals surface area contributed by atoms with Crippen LogP contribution >= 0.6 is 11.6 Å². The van der Waals surface area contributed by atoms with E-state index in [0.29, 0.717) is 17.6 Å². The molecule has 0 aliphatic carbocycles. The van der Waals surface area contributed by atoms with Gasteiger partial charge in [-0.2, -0.15) is 0 Å². The smallest absolute Gasteiger partial charge is 0.0641 e. The average Bonchev–Trinajstić information content (AvgIpc) is 1.99. The van der Waals surface area contributed by atoms with E-state index in [2.05, 4.69) is 25.7 Å². The Kier molecular flexibility index (Phi) is 3.77. The fourth-order valence-corrected chi connectivity index (χ4v) is 1.74. The Morgan fingerprint density at radius 3 is 2.92 bits per heavy atom. The standard InChI is InChI=1S/C10H18ClNO/c1-8(11)7-12-9-4-5-13-10(2,3)6-9/h9,12H,1,4-7H2,2-3H3. The van der Waals surface area contributed by atoms with E-state index in [1.165, 1.54) is 0 Å². The van der Waals surface area contributed by atoms with Gasteiger partial charge in [-0.1, -0.05) is 18.2 Å². The fourth-order valence-electron chi connectivity index (χ4n) is 1.66. The highest BCUT2D eigenvalue weighted by Gasteiger charge is 2.28. The summed E-state index contributed by atoms with van der Waals surface area (Å²) in [5.74, 6) is 0. The van der Waals surface area contributed by atoms with Crippen molar-refractivity contribution in [2.24, 2.45) is 0 Å². The number of halogens is 1. The third-order valence-corrected chi connectivity index (χ3v) is 2.41. The van der Waals surface area contributed by atoms with Crippen molar-refractivity contribution in [2.75, 3.05) is 13.2 Å². The molecule has 76 valence electrons. The molecule has 0 amide bonds. The zero-order chi connectivity index (χ0) is 9.90. The molecule has 3 heteroatoms. The van der Waals surface area contributed by atoms with Crippen LogP contribution in [0.5, 0.6) is 0 Å². The Morgan fingerprint density at radius 1 is 1.69 bits per heavy atom. The summed E-state index contributed by atoms with van der Waals surface area (Å²) < 4.78 is 5.61. The average molecular weight is 204 g/mol. The molecule has 1 fully saturated rings. The van der Waals surface area contributed by atoms with Crippen LogP contribution in [-0.2, 0) is 4.74 Å². The summed E-state index contributed by atoms with van der Waals surface area (Å²) in [6.07, 6.45) is 2.10. The van der Waals surface area contributed by atoms with Gasteiger partial charge in [0.05, 0.1) is 5.60 Å². The zero-order valence-corrected chi connectivity index (χ0v) is 9.16. The molecule has 0 saturated carbocycles. The van der Waals surface area contributed by atoms with Crippen molar-refractivity contribution in [3.8, 4) is 0 Å². The van der Waals surface area contributed by atoms with Crippen LogP contribution < -0.4 is 5.32 Å². The van der Waals surface area contributed by atoms with E-state index in [0.717, 1.165) is 19.4 Å². The van der Waals surface area contributed by atoms with E-state index in [9.17, 15) is 0 Å². The lowest BCUT2D eigenvalue weighted by atomic mass is 9.94. The maximum atomic E-state index is 5.68. The van der Waals surface area contributed by atoms with Crippen molar-refractivity contribution in [1.29, 1.82) is 0 Å². The van der Waals surface area contributed by atoms with Crippen molar-refractivity contribution in [3.63, 3.8) is 0 Å². The predicted octanol–water partition coefficient (Wildman–Crippen LogP) is 2.29. The number of hydrogen-bond acceptors (Lipinski definition) is 2. The molecule has 1 N–H and O–H groups in total. The van der Waals surface area contributed by atoms with Crippen molar-refractivity contribution >= 4 is 11.6 Å². The molecule has 0 spiro atoms. The second kappa shape index (κ2) is 4.45. The predicted molar refractivity (Wildman–Crippen MR) is 56.0 cm³/mol. The Hall–Kier alpha value is -0.0500. The monoisotopic (exact) mass is 203 g/mol. The van der Waals surface area contributed by atoms with Crippen LogP contribution in [0.15, 0.2) is 11.6 Å². The molecule has 0 bridgehead atoms. The molecule has 1 aliphatic rings. The van der Waals surface area contributed by atoms with E-state index in [1.807, 2.05) is 0 Å². The first kappa shape index (κ1) is 11.0. The van der Waals surface area contributed by atoms with Crippen molar-refractivity contribution in [3.05, 3.63) is 11.6 Å². The van der Waals surface area contributed by atoms with Crippen LogP contribution in [0.25, 0.3) is 0 Å². The molecule has 0 radical (unpaired) electrons. The zero-order valence-electron chi connectivity index (χ0n) is 8.40. The second-order valence-electron chi connectivity index (χ2n) is 4.20. The van der Waals surface area contributed by atoms with Gasteiger partial charge in [0.15, 0.2) is 0 Å². The maximum absolute atomic E-state index is 5.68. The minimum absolute atomic E-state index is 0.00353. The SMILES string of the molecule is C=C(Cl)CNC1CCOC(C)(C)C1. The fraction of sp³-hybridized carbons (Fsp3) is 0.800. The normalized spacial score (nSPS) is 27.2. The van der Waals surface area contributed by atoms with E-state index in [1.54, 1.807) is 0 Å². The minimum Gasteiger partial charge on any atom is -0.375 e. The van der Waals surface area contributed by atoms with Crippen molar-refractivity contribution in [2.45, 2.75) is 38.3 Å². The van der Waals surface area contributed by atoms with Crippen LogP contribution in [0.1, 0.15) is 26.7 Å². The molecule has 1 rings (SSSR count). The summed E-state index contributed by atoms with van der Waals surface area (Å²) in [6.45, 7) is 9.42. The van der Waals surface area contributed by atoms with E-state index in [-0.39, 0.29) is 5.60 Å². The first-order chi connectivity index (χ1) is 5.99. The first-order valence-corrected chi connectivity index (χ1v) is 5.08. The van der Waals surface area contributed by atoms with Crippen LogP contribution in [0.3, 0.4) is 0 Å². The van der Waals surface area contributed by atoms with Crippen molar-refractivity contribution in [1.82, 2.24) is 5.32 Å². The van der Waals surface area contributed by atoms with Crippen LogP contribution in [-0.4, -0.2) is 24.8 Å². The maximum Gasteiger partial charge on any atom is 0.0641 e. The molecule has 2 nitrogen and oxygen atoms in total. The Labute approximate surface area is 85.3 Å². The van der Waals surface area contributed by atoms with Gasteiger partial charge < -0.3 is 10.1 Å². The number of ether oxygens (including phenoxy) is 1. The van der Waals surface area contributed by atoms with Crippen LogP contribution in [0.4, 0.5) is 0 Å². The van der Waals surface area contributed by atoms with E-state index in [4.69, 9.17) is 16.3 Å². The van der Waals surface area contributed by atoms with Gasteiger partial charge in [0.2, 0.25) is 0 Å². The van der Waals surface area contributed by atoms with Gasteiger partial charge in [-0.15, -0.1) is 0 Å². The molecule has 1 saturated heterocycles. The molecule has 13 heavy (non-hydrogen) atoms. The van der Waals surface area contributed by atoms with Gasteiger partial charge in [0.1, 0.15) is 0 Å². The molecular formula is C10H18ClNO. The molecule has 1 aliphatic heterocycles. The van der Waals surface area contributed by atoms with Gasteiger partial charge >= 0.3 is 0 Å². The summed E-state index contributed by atoms with van der Waals surface area (Å²) in [7, 11) is 0. The van der Waals surface area contributed by atoms with Gasteiger partial charge in [-0.3, -0.25) is 0 Å². The summed E-state index contributed by atoms with van der Waals surface area (Å²) in [5, 5.41) is 4.04. The van der Waals surface area contributed by atoms with Crippen LogP contribution in [0, 0.1) is 0 Å². The van der Waals surface area contributed by atoms with Gasteiger partial charge in [-0.05, 0) is 26.7 Å². The number of rotatable bonds is 3.